The van der Waals surface area contributed by atoms with Gasteiger partial charge in [0.2, 0.25) is 0 Å². The molecule has 0 atom stereocenters. The summed E-state index contributed by atoms with van der Waals surface area (Å²) in [7, 11) is -14.5. The number of nitro groups is 2. The summed E-state index contributed by atoms with van der Waals surface area (Å²) in [6.45, 7) is 0. The first-order valence-corrected chi connectivity index (χ1v) is 23.0. The average Bonchev–Trinajstić information content (AvgIpc) is 3.28. The molecule has 7 N–H and O–H groups in total. The topological polar surface area (TPSA) is 388 Å². The van der Waals surface area contributed by atoms with Crippen LogP contribution in [0.25, 0.3) is 10.8 Å². The minimum Gasteiger partial charge on any atom is -0.505 e. The van der Waals surface area contributed by atoms with Gasteiger partial charge in [-0.2, -0.15) is 35.5 Å². The molecule has 0 aromatic heterocycles. The zero-order chi connectivity index (χ0) is 49.1. The first kappa shape index (κ1) is 47.3. The highest BCUT2D eigenvalue weighted by atomic mass is 32.2. The third-order valence-corrected chi connectivity index (χ3v) is 12.0. The monoisotopic (exact) mass is 984 g/mol. The highest BCUT2D eigenvalue weighted by Crippen LogP contribution is 2.45. The van der Waals surface area contributed by atoms with Gasteiger partial charge in [0.15, 0.2) is 16.3 Å². The van der Waals surface area contributed by atoms with E-state index in [4.69, 9.17) is 0 Å². The van der Waals surface area contributed by atoms with Crippen molar-refractivity contribution in [2.45, 2.75) is 14.7 Å². The Bertz CT molecular complexity index is 3630. The van der Waals surface area contributed by atoms with E-state index >= 15 is 0 Å². The molecule has 68 heavy (non-hydrogen) atoms. The van der Waals surface area contributed by atoms with Gasteiger partial charge in [0.05, 0.1) is 43.2 Å². The smallest absolute Gasteiger partial charge is 0.301 e. The largest absolute Gasteiger partial charge is 0.505 e. The molecule has 0 radical (unpaired) electrons. The lowest BCUT2D eigenvalue weighted by molar-refractivity contribution is -0.387. The summed E-state index contributed by atoms with van der Waals surface area (Å²) in [5.74, 6) is -1.15. The maximum Gasteiger partial charge on any atom is 0.301 e. The molecular weight excluding hydrogens is 957 g/mol. The van der Waals surface area contributed by atoms with Crippen molar-refractivity contribution in [3.8, 4) is 11.5 Å². The molecule has 0 saturated heterocycles. The van der Waals surface area contributed by atoms with E-state index in [0.29, 0.717) is 17.4 Å². The number of hydrogen-bond acceptors (Lipinski definition) is 20. The number of nitro benzene ring substituents is 2. The summed E-state index contributed by atoms with van der Waals surface area (Å²) in [6.07, 6.45) is 0. The van der Waals surface area contributed by atoms with Crippen molar-refractivity contribution in [1.82, 2.24) is 0 Å². The van der Waals surface area contributed by atoms with Crippen LogP contribution in [-0.4, -0.2) is 59.0 Å². The molecule has 28 heteroatoms. The maximum absolute atomic E-state index is 12.1. The molecule has 7 aromatic carbocycles. The molecule has 7 rings (SSSR count). The van der Waals surface area contributed by atoms with Crippen molar-refractivity contribution in [2.75, 3.05) is 10.6 Å². The third kappa shape index (κ3) is 10.9. The van der Waals surface area contributed by atoms with E-state index in [1.165, 1.54) is 78.9 Å². The van der Waals surface area contributed by atoms with Crippen LogP contribution in [0.15, 0.2) is 173 Å². The molecule has 7 aromatic rings. The minimum absolute atomic E-state index is 0.0780. The zero-order valence-electron chi connectivity index (χ0n) is 33.7. The van der Waals surface area contributed by atoms with Crippen molar-refractivity contribution in [3.05, 3.63) is 148 Å². The summed E-state index contributed by atoms with van der Waals surface area (Å²) >= 11 is 0. The Morgan fingerprint density at radius 3 is 1.59 bits per heavy atom. The van der Waals surface area contributed by atoms with Gasteiger partial charge in [0.1, 0.15) is 16.3 Å². The van der Waals surface area contributed by atoms with E-state index in [2.05, 4.69) is 41.3 Å². The van der Waals surface area contributed by atoms with Crippen molar-refractivity contribution < 1.29 is 59.0 Å². The Morgan fingerprint density at radius 2 is 1.01 bits per heavy atom. The van der Waals surface area contributed by atoms with Gasteiger partial charge in [-0.05, 0) is 103 Å². The number of anilines is 4. The first-order chi connectivity index (χ1) is 32.0. The number of nitrogens with one attached hydrogen (secondary N) is 2. The van der Waals surface area contributed by atoms with Crippen molar-refractivity contribution >= 4 is 109 Å². The van der Waals surface area contributed by atoms with E-state index in [-0.39, 0.29) is 50.6 Å². The predicted molar refractivity (Wildman–Crippen MR) is 241 cm³/mol. The number of rotatable bonds is 15. The fraction of sp³-hybridized carbons (Fsp3) is 0. The Morgan fingerprint density at radius 1 is 0.471 bits per heavy atom. The molecule has 0 aliphatic heterocycles. The lowest BCUT2D eigenvalue weighted by Crippen LogP contribution is -2.04. The van der Waals surface area contributed by atoms with Gasteiger partial charge in [-0.1, -0.05) is 6.07 Å². The normalized spacial score (nSPS) is 12.3. The number of azo groups is 3. The number of hydrogen-bond donors (Lipinski definition) is 7. The molecule has 0 fully saturated rings. The molecule has 0 aliphatic carbocycles. The van der Waals surface area contributed by atoms with Gasteiger partial charge in [-0.3, -0.25) is 33.9 Å². The molecule has 0 aliphatic rings. The summed E-state index contributed by atoms with van der Waals surface area (Å²) in [5, 5.41) is 74.6. The lowest BCUT2D eigenvalue weighted by Gasteiger charge is -2.10. The van der Waals surface area contributed by atoms with E-state index in [1.54, 1.807) is 0 Å². The van der Waals surface area contributed by atoms with E-state index in [9.17, 15) is 69.4 Å². The molecule has 25 nitrogen and oxygen atoms in total. The molecule has 0 spiro atoms. The number of aromatic hydroxyl groups is 2. The minimum atomic E-state index is -4.92. The number of nitrogens with zero attached hydrogens (tertiary/aromatic N) is 8. The van der Waals surface area contributed by atoms with E-state index < -0.39 is 83.4 Å². The van der Waals surface area contributed by atoms with Gasteiger partial charge in [-0.15, -0.1) is 20.5 Å². The number of non-ortho nitro benzene ring substituents is 1. The standard InChI is InChI=1S/C40H28N10O15S3/c51-36-18-16-34(47-44-25-5-1-22(2-6-25)41-26-9-17-35(50(55)56)38(19-26)68(63,64)65)40(52)39(36)48-46-31-14-15-32(30-21-28(66(57,58)59)11-12-29(30)31)45-43-24-7-3-23(4-8-24)42-33-13-10-27(49(53)54)20-37(33)67(60,61)62/h1-21,41-42,51-52H,(H,57,58,59)(H,60,61,62)(H,63,64,65). The van der Waals surface area contributed by atoms with Crippen LogP contribution in [0.5, 0.6) is 11.5 Å². The maximum atomic E-state index is 12.1. The summed E-state index contributed by atoms with van der Waals surface area (Å²) in [6, 6.07) is 26.4. The van der Waals surface area contributed by atoms with Crippen molar-refractivity contribution in [3.63, 3.8) is 0 Å². The molecule has 0 amide bonds. The van der Waals surface area contributed by atoms with Gasteiger partial charge < -0.3 is 20.8 Å². The molecule has 346 valence electrons. The molecule has 0 saturated carbocycles. The third-order valence-electron chi connectivity index (χ3n) is 9.34. The summed E-state index contributed by atoms with van der Waals surface area (Å²) < 4.78 is 100. The van der Waals surface area contributed by atoms with Crippen LogP contribution >= 0.6 is 0 Å². The Kier molecular flexibility index (Phi) is 13.0. The zero-order valence-corrected chi connectivity index (χ0v) is 36.2. The predicted octanol–water partition coefficient (Wildman–Crippen LogP) is 10.5. The molecule has 0 unspecified atom stereocenters. The molecule has 0 bridgehead atoms. The first-order valence-electron chi connectivity index (χ1n) is 18.7. The second kappa shape index (κ2) is 18.7. The molecule has 0 heterocycles. The fourth-order valence-corrected chi connectivity index (χ4v) is 7.99. The second-order valence-corrected chi connectivity index (χ2v) is 18.1. The van der Waals surface area contributed by atoms with Gasteiger partial charge in [-0.25, -0.2) is 0 Å². The van der Waals surface area contributed by atoms with Crippen LogP contribution < -0.4 is 10.6 Å². The van der Waals surface area contributed by atoms with Crippen LogP contribution in [0, 0.1) is 20.2 Å². The van der Waals surface area contributed by atoms with Crippen LogP contribution in [0.4, 0.5) is 68.2 Å². The summed E-state index contributed by atoms with van der Waals surface area (Å²) in [4.78, 5) is 18.4. The quantitative estimate of drug-likeness (QED) is 0.0217. The number of phenols is 2. The SMILES string of the molecule is O=[N+]([O-])c1ccc(Nc2ccc(N=Nc3ccc(N=Nc4c(O)ccc(N=Nc5ccc(Nc6ccc([N+](=O)[O-])c(S(=O)(=O)O)c6)cc5)c4O)c4ccc(S(=O)(=O)O)cc34)cc2)c(S(=O)(=O)O)c1. The van der Waals surface area contributed by atoms with E-state index in [0.717, 1.165) is 42.5 Å². The second-order valence-electron chi connectivity index (χ2n) is 13.9. The van der Waals surface area contributed by atoms with Crippen LogP contribution in [-0.2, 0) is 30.4 Å². The van der Waals surface area contributed by atoms with Gasteiger partial charge in [0.25, 0.3) is 31.6 Å². The fourth-order valence-electron chi connectivity index (χ4n) is 6.13. The lowest BCUT2D eigenvalue weighted by atomic mass is 10.1. The molecular formula is C40H28N10O15S3. The highest BCUT2D eigenvalue weighted by molar-refractivity contribution is 7.86. The van der Waals surface area contributed by atoms with Crippen LogP contribution in [0.3, 0.4) is 0 Å². The van der Waals surface area contributed by atoms with E-state index in [1.807, 2.05) is 0 Å². The number of benzene rings is 7. The van der Waals surface area contributed by atoms with Crippen LogP contribution in [0.1, 0.15) is 0 Å². The summed E-state index contributed by atoms with van der Waals surface area (Å²) in [5.41, 5.74) is -0.670. The Hall–Kier alpha value is -8.67. The number of fused-ring (bicyclic) bond motifs is 1. The average molecular weight is 985 g/mol. The number of phenolic OH excluding ortho intramolecular Hbond substituents is 2. The van der Waals surface area contributed by atoms with Crippen LogP contribution in [0.2, 0.25) is 0 Å². The van der Waals surface area contributed by atoms with Crippen molar-refractivity contribution in [1.29, 1.82) is 0 Å². The van der Waals surface area contributed by atoms with Gasteiger partial charge >= 0.3 is 10.1 Å². The van der Waals surface area contributed by atoms with Gasteiger partial charge in [0, 0.05) is 46.0 Å². The Balaban J connectivity index is 1.11. The highest BCUT2D eigenvalue weighted by Gasteiger charge is 2.25. The Labute approximate surface area is 382 Å². The van der Waals surface area contributed by atoms with Crippen molar-refractivity contribution in [2.24, 2.45) is 30.7 Å².